The van der Waals surface area contributed by atoms with Crippen molar-refractivity contribution in [2.75, 3.05) is 7.05 Å². The Kier molecular flexibility index (Phi) is 4.80. The molecule has 0 aliphatic rings. The second-order valence-corrected chi connectivity index (χ2v) is 4.41. The van der Waals surface area contributed by atoms with Crippen LogP contribution in [0.4, 0.5) is 17.6 Å². The Morgan fingerprint density at radius 1 is 0.952 bits per heavy atom. The van der Waals surface area contributed by atoms with E-state index in [-0.39, 0.29) is 12.1 Å². The van der Waals surface area contributed by atoms with E-state index in [0.29, 0.717) is 5.56 Å². The smallest absolute Gasteiger partial charge is 0.191 e. The molecule has 0 spiro atoms. The lowest BCUT2D eigenvalue weighted by atomic mass is 10.2. The van der Waals surface area contributed by atoms with Crippen LogP contribution in [-0.2, 0) is 13.2 Å². The molecule has 0 saturated heterocycles. The van der Waals surface area contributed by atoms with Crippen molar-refractivity contribution in [2.45, 2.75) is 13.2 Å². The van der Waals surface area contributed by atoms with Crippen molar-refractivity contribution >= 4 is 0 Å². The van der Waals surface area contributed by atoms with Crippen LogP contribution in [-0.4, -0.2) is 7.05 Å². The number of hydrogen-bond donors (Lipinski definition) is 1. The Morgan fingerprint density at radius 2 is 1.52 bits per heavy atom. The van der Waals surface area contributed by atoms with Gasteiger partial charge in [-0.1, -0.05) is 6.07 Å². The predicted octanol–water partition coefficient (Wildman–Crippen LogP) is 3.54. The van der Waals surface area contributed by atoms with Crippen LogP contribution in [0.5, 0.6) is 5.75 Å². The number of rotatable bonds is 5. The van der Waals surface area contributed by atoms with Gasteiger partial charge in [0.1, 0.15) is 18.2 Å². The third-order valence-electron chi connectivity index (χ3n) is 2.86. The van der Waals surface area contributed by atoms with Gasteiger partial charge < -0.3 is 10.1 Å². The van der Waals surface area contributed by atoms with Gasteiger partial charge in [-0.25, -0.2) is 17.6 Å². The van der Waals surface area contributed by atoms with Gasteiger partial charge in [-0.3, -0.25) is 0 Å². The summed E-state index contributed by atoms with van der Waals surface area (Å²) in [5.74, 6) is -4.16. The molecule has 0 fully saturated rings. The standard InChI is InChI=1S/C15H13F4NO/c1-20-7-9-5-13(18)15(14(19)6-9)21-8-10-11(16)3-2-4-12(10)17/h2-6,20H,7-8H2,1H3. The average molecular weight is 299 g/mol. The molecule has 0 radical (unpaired) electrons. The first-order valence-electron chi connectivity index (χ1n) is 6.21. The molecular weight excluding hydrogens is 286 g/mol. The van der Waals surface area contributed by atoms with E-state index in [1.54, 1.807) is 7.05 Å². The molecule has 112 valence electrons. The van der Waals surface area contributed by atoms with Gasteiger partial charge in [0.2, 0.25) is 0 Å². The topological polar surface area (TPSA) is 21.3 Å². The minimum Gasteiger partial charge on any atom is -0.483 e. The summed E-state index contributed by atoms with van der Waals surface area (Å²) in [5, 5.41) is 2.76. The van der Waals surface area contributed by atoms with Crippen molar-refractivity contribution in [3.8, 4) is 5.75 Å². The highest BCUT2D eigenvalue weighted by Gasteiger charge is 2.15. The van der Waals surface area contributed by atoms with Gasteiger partial charge in [0.15, 0.2) is 17.4 Å². The molecule has 0 saturated carbocycles. The monoisotopic (exact) mass is 299 g/mol. The molecule has 0 aliphatic carbocycles. The van der Waals surface area contributed by atoms with Crippen molar-refractivity contribution in [3.63, 3.8) is 0 Å². The van der Waals surface area contributed by atoms with Gasteiger partial charge in [-0.05, 0) is 36.9 Å². The maximum absolute atomic E-state index is 13.8. The van der Waals surface area contributed by atoms with Crippen LogP contribution in [0.15, 0.2) is 30.3 Å². The Balaban J connectivity index is 2.21. The summed E-state index contributed by atoms with van der Waals surface area (Å²) in [6.07, 6.45) is 0. The average Bonchev–Trinajstić information content (AvgIpc) is 2.41. The van der Waals surface area contributed by atoms with E-state index >= 15 is 0 Å². The minimum atomic E-state index is -0.919. The van der Waals surface area contributed by atoms with Crippen LogP contribution in [0.3, 0.4) is 0 Å². The summed E-state index contributed by atoms with van der Waals surface area (Å²) in [7, 11) is 1.64. The molecule has 0 bridgehead atoms. The van der Waals surface area contributed by atoms with Crippen molar-refractivity contribution in [2.24, 2.45) is 0 Å². The summed E-state index contributed by atoms with van der Waals surface area (Å²) < 4.78 is 59.2. The Morgan fingerprint density at radius 3 is 2.05 bits per heavy atom. The summed E-state index contributed by atoms with van der Waals surface area (Å²) in [5.41, 5.74) is 0.0209. The van der Waals surface area contributed by atoms with Crippen LogP contribution >= 0.6 is 0 Å². The first kappa shape index (κ1) is 15.3. The molecule has 2 nitrogen and oxygen atoms in total. The number of benzene rings is 2. The number of halogens is 4. The lowest BCUT2D eigenvalue weighted by Crippen LogP contribution is -2.08. The summed E-state index contributed by atoms with van der Waals surface area (Å²) in [6, 6.07) is 5.50. The number of hydrogen-bond acceptors (Lipinski definition) is 2. The highest BCUT2D eigenvalue weighted by molar-refractivity contribution is 5.32. The quantitative estimate of drug-likeness (QED) is 0.853. The maximum Gasteiger partial charge on any atom is 0.191 e. The largest absolute Gasteiger partial charge is 0.483 e. The summed E-state index contributed by atoms with van der Waals surface area (Å²) in [6.45, 7) is -0.312. The molecule has 0 atom stereocenters. The number of nitrogens with one attached hydrogen (secondary N) is 1. The predicted molar refractivity (Wildman–Crippen MR) is 69.8 cm³/mol. The molecule has 0 heterocycles. The maximum atomic E-state index is 13.8. The van der Waals surface area contributed by atoms with Crippen LogP contribution in [0, 0.1) is 23.3 Å². The van der Waals surface area contributed by atoms with Crippen molar-refractivity contribution in [1.29, 1.82) is 0 Å². The normalized spacial score (nSPS) is 10.7. The molecule has 0 aliphatic heterocycles. The molecule has 0 aromatic heterocycles. The highest BCUT2D eigenvalue weighted by Crippen LogP contribution is 2.25. The van der Waals surface area contributed by atoms with Crippen molar-refractivity contribution < 1.29 is 22.3 Å². The fourth-order valence-electron chi connectivity index (χ4n) is 1.87. The van der Waals surface area contributed by atoms with Crippen LogP contribution in [0.2, 0.25) is 0 Å². The highest BCUT2D eigenvalue weighted by atomic mass is 19.1. The molecule has 2 aromatic carbocycles. The molecule has 2 rings (SSSR count). The zero-order valence-corrected chi connectivity index (χ0v) is 11.2. The van der Waals surface area contributed by atoms with E-state index in [9.17, 15) is 17.6 Å². The molecule has 2 aromatic rings. The Labute approximate surface area is 119 Å². The molecule has 6 heteroatoms. The zero-order chi connectivity index (χ0) is 15.4. The zero-order valence-electron chi connectivity index (χ0n) is 11.2. The van der Waals surface area contributed by atoms with E-state index in [4.69, 9.17) is 4.74 Å². The van der Waals surface area contributed by atoms with Crippen molar-refractivity contribution in [1.82, 2.24) is 5.32 Å². The second-order valence-electron chi connectivity index (χ2n) is 4.41. The third kappa shape index (κ3) is 3.52. The van der Waals surface area contributed by atoms with Gasteiger partial charge >= 0.3 is 0 Å². The fourth-order valence-corrected chi connectivity index (χ4v) is 1.87. The van der Waals surface area contributed by atoms with E-state index in [1.807, 2.05) is 0 Å². The first-order chi connectivity index (χ1) is 10.0. The van der Waals surface area contributed by atoms with E-state index in [0.717, 1.165) is 24.3 Å². The van der Waals surface area contributed by atoms with Crippen LogP contribution in [0.1, 0.15) is 11.1 Å². The van der Waals surface area contributed by atoms with Crippen LogP contribution < -0.4 is 10.1 Å². The van der Waals surface area contributed by atoms with Gasteiger partial charge in [-0.15, -0.1) is 0 Å². The fraction of sp³-hybridized carbons (Fsp3) is 0.200. The lowest BCUT2D eigenvalue weighted by Gasteiger charge is -2.11. The van der Waals surface area contributed by atoms with Gasteiger partial charge in [0, 0.05) is 6.54 Å². The first-order valence-corrected chi connectivity index (χ1v) is 6.21. The summed E-state index contributed by atoms with van der Waals surface area (Å²) >= 11 is 0. The summed E-state index contributed by atoms with van der Waals surface area (Å²) in [4.78, 5) is 0. The van der Waals surface area contributed by atoms with E-state index in [2.05, 4.69) is 5.32 Å². The molecule has 0 unspecified atom stereocenters. The van der Waals surface area contributed by atoms with E-state index in [1.165, 1.54) is 6.07 Å². The molecule has 0 amide bonds. The SMILES string of the molecule is CNCc1cc(F)c(OCc2c(F)cccc2F)c(F)c1. The van der Waals surface area contributed by atoms with Crippen LogP contribution in [0.25, 0.3) is 0 Å². The molecule has 1 N–H and O–H groups in total. The van der Waals surface area contributed by atoms with E-state index < -0.39 is 35.6 Å². The van der Waals surface area contributed by atoms with Gasteiger partial charge in [0.25, 0.3) is 0 Å². The lowest BCUT2D eigenvalue weighted by molar-refractivity contribution is 0.263. The third-order valence-corrected chi connectivity index (χ3v) is 2.86. The van der Waals surface area contributed by atoms with Crippen molar-refractivity contribution in [3.05, 3.63) is 64.7 Å². The minimum absolute atomic E-state index is 0.288. The second kappa shape index (κ2) is 6.58. The number of ether oxygens (including phenoxy) is 1. The Bertz CT molecular complexity index is 602. The molecular formula is C15H13F4NO. The molecule has 21 heavy (non-hydrogen) atoms. The van der Waals surface area contributed by atoms with Gasteiger partial charge in [0.05, 0.1) is 5.56 Å². The Hall–Kier alpha value is -2.08. The van der Waals surface area contributed by atoms with Gasteiger partial charge in [-0.2, -0.15) is 0 Å².